The van der Waals surface area contributed by atoms with E-state index in [2.05, 4.69) is 16.0 Å². The molecule has 11 nitrogen and oxygen atoms in total. The van der Waals surface area contributed by atoms with Crippen molar-refractivity contribution in [1.29, 1.82) is 0 Å². The summed E-state index contributed by atoms with van der Waals surface area (Å²) in [5.41, 5.74) is 5.47. The zero-order valence-electron chi connectivity index (χ0n) is 16.5. The van der Waals surface area contributed by atoms with E-state index in [1.54, 1.807) is 0 Å². The zero-order valence-corrected chi connectivity index (χ0v) is 16.5. The topological polar surface area (TPSA) is 171 Å². The average Bonchev–Trinajstić information content (AvgIpc) is 3.10. The number of nitrogens with one attached hydrogen (secondary N) is 3. The Bertz CT molecular complexity index is 638. The van der Waals surface area contributed by atoms with Crippen LogP contribution < -0.4 is 21.7 Å². The predicted octanol–water partition coefficient (Wildman–Crippen LogP) is -2.08. The number of hydrogen-bond donors (Lipinski definition) is 5. The Hall–Kier alpha value is -2.69. The highest BCUT2D eigenvalue weighted by atomic mass is 16.4. The molecule has 4 amide bonds. The van der Waals surface area contributed by atoms with Crippen molar-refractivity contribution < 1.29 is 29.1 Å². The highest BCUT2D eigenvalue weighted by Gasteiger charge is 2.37. The number of rotatable bonds is 8. The van der Waals surface area contributed by atoms with Gasteiger partial charge in [0.1, 0.15) is 24.2 Å². The Morgan fingerprint density at radius 1 is 0.929 bits per heavy atom. The van der Waals surface area contributed by atoms with Gasteiger partial charge in [-0.25, -0.2) is 0 Å². The van der Waals surface area contributed by atoms with Crippen molar-refractivity contribution in [2.75, 3.05) is 6.54 Å². The average molecular weight is 399 g/mol. The van der Waals surface area contributed by atoms with Crippen LogP contribution in [0.1, 0.15) is 40.5 Å². The molecule has 1 aliphatic rings. The van der Waals surface area contributed by atoms with Gasteiger partial charge in [-0.1, -0.05) is 0 Å². The van der Waals surface area contributed by atoms with Crippen molar-refractivity contribution in [2.24, 2.45) is 5.73 Å². The number of carboxylic acid groups (broad SMARTS) is 1. The van der Waals surface area contributed by atoms with Crippen molar-refractivity contribution in [3.63, 3.8) is 0 Å². The first-order valence-electron chi connectivity index (χ1n) is 9.15. The van der Waals surface area contributed by atoms with Crippen LogP contribution in [0.25, 0.3) is 0 Å². The highest BCUT2D eigenvalue weighted by molar-refractivity contribution is 5.95. The number of hydrogen-bond acceptors (Lipinski definition) is 6. The summed E-state index contributed by atoms with van der Waals surface area (Å²) in [6.45, 7) is 6.10. The first-order valence-corrected chi connectivity index (χ1v) is 9.15. The first kappa shape index (κ1) is 23.3. The molecule has 0 radical (unpaired) electrons. The summed E-state index contributed by atoms with van der Waals surface area (Å²) in [5.74, 6) is -3.23. The van der Waals surface area contributed by atoms with Crippen LogP contribution in [-0.4, -0.2) is 76.4 Å². The number of nitrogens with zero attached hydrogens (tertiary/aromatic N) is 1. The summed E-state index contributed by atoms with van der Waals surface area (Å²) >= 11 is 0. The van der Waals surface area contributed by atoms with Crippen molar-refractivity contribution >= 4 is 29.6 Å². The van der Waals surface area contributed by atoms with E-state index in [0.29, 0.717) is 19.4 Å². The quantitative estimate of drug-likeness (QED) is 0.312. The smallest absolute Gasteiger partial charge is 0.325 e. The molecule has 5 unspecified atom stereocenters. The van der Waals surface area contributed by atoms with E-state index in [-0.39, 0.29) is 0 Å². The Morgan fingerprint density at radius 3 is 2.04 bits per heavy atom. The zero-order chi connectivity index (χ0) is 21.6. The maximum atomic E-state index is 12.6. The largest absolute Gasteiger partial charge is 0.480 e. The van der Waals surface area contributed by atoms with Gasteiger partial charge in [0.05, 0.1) is 6.04 Å². The van der Waals surface area contributed by atoms with E-state index in [1.807, 2.05) is 0 Å². The molecule has 0 aromatic carbocycles. The first-order chi connectivity index (χ1) is 13.0. The number of nitrogens with two attached hydrogens (primary N) is 1. The SMILES string of the molecule is CC(N)C(=O)NC(C)C(=O)N1CCCC1C(=O)NC(C)C(=O)NC(C)C(=O)O. The van der Waals surface area contributed by atoms with Crippen LogP contribution in [0, 0.1) is 0 Å². The second-order valence-electron chi connectivity index (χ2n) is 7.01. The van der Waals surface area contributed by atoms with E-state index in [4.69, 9.17) is 10.8 Å². The lowest BCUT2D eigenvalue weighted by Gasteiger charge is -2.28. The van der Waals surface area contributed by atoms with E-state index in [9.17, 15) is 24.0 Å². The number of carbonyl (C=O) groups is 5. The molecule has 0 spiro atoms. The molecular weight excluding hydrogens is 370 g/mol. The molecule has 0 saturated carbocycles. The van der Waals surface area contributed by atoms with Crippen LogP contribution >= 0.6 is 0 Å². The third kappa shape index (κ3) is 6.19. The van der Waals surface area contributed by atoms with E-state index < -0.39 is 59.8 Å². The molecule has 11 heteroatoms. The van der Waals surface area contributed by atoms with Gasteiger partial charge in [-0.05, 0) is 40.5 Å². The summed E-state index contributed by atoms with van der Waals surface area (Å²) < 4.78 is 0. The number of amides is 4. The second kappa shape index (κ2) is 10.0. The Morgan fingerprint density at radius 2 is 1.50 bits per heavy atom. The minimum absolute atomic E-state index is 0.353. The van der Waals surface area contributed by atoms with Gasteiger partial charge < -0.3 is 31.7 Å². The summed E-state index contributed by atoms with van der Waals surface area (Å²) in [4.78, 5) is 61.0. The van der Waals surface area contributed by atoms with E-state index in [1.165, 1.54) is 32.6 Å². The molecule has 1 rings (SSSR count). The number of carboxylic acids is 1. The van der Waals surface area contributed by atoms with E-state index in [0.717, 1.165) is 0 Å². The third-order valence-electron chi connectivity index (χ3n) is 4.46. The lowest BCUT2D eigenvalue weighted by atomic mass is 10.1. The number of carbonyl (C=O) groups excluding carboxylic acids is 4. The molecular formula is C17H29N5O6. The molecule has 6 N–H and O–H groups in total. The van der Waals surface area contributed by atoms with Crippen molar-refractivity contribution in [3.05, 3.63) is 0 Å². The Kier molecular flexibility index (Phi) is 8.35. The van der Waals surface area contributed by atoms with Crippen molar-refractivity contribution in [3.8, 4) is 0 Å². The summed E-state index contributed by atoms with van der Waals surface area (Å²) in [6.07, 6.45) is 1.03. The highest BCUT2D eigenvalue weighted by Crippen LogP contribution is 2.18. The van der Waals surface area contributed by atoms with Crippen molar-refractivity contribution in [2.45, 2.75) is 70.7 Å². The van der Waals surface area contributed by atoms with Crippen molar-refractivity contribution in [1.82, 2.24) is 20.9 Å². The predicted molar refractivity (Wildman–Crippen MR) is 98.8 cm³/mol. The van der Waals surface area contributed by atoms with Crippen LogP contribution in [0.3, 0.4) is 0 Å². The molecule has 28 heavy (non-hydrogen) atoms. The van der Waals surface area contributed by atoms with Crippen LogP contribution in [-0.2, 0) is 24.0 Å². The molecule has 1 fully saturated rings. The summed E-state index contributed by atoms with van der Waals surface area (Å²) in [6, 6.07) is -4.44. The van der Waals surface area contributed by atoms with Gasteiger partial charge in [0, 0.05) is 6.54 Å². The molecule has 1 heterocycles. The summed E-state index contributed by atoms with van der Waals surface area (Å²) in [5, 5.41) is 16.1. The molecule has 0 aromatic rings. The monoisotopic (exact) mass is 399 g/mol. The van der Waals surface area contributed by atoms with E-state index >= 15 is 0 Å². The molecule has 158 valence electrons. The molecule has 5 atom stereocenters. The Balaban J connectivity index is 2.69. The molecule has 0 aliphatic carbocycles. The van der Waals surface area contributed by atoms with Gasteiger partial charge in [-0.3, -0.25) is 24.0 Å². The fourth-order valence-electron chi connectivity index (χ4n) is 2.73. The molecule has 0 bridgehead atoms. The maximum absolute atomic E-state index is 12.6. The molecule has 1 saturated heterocycles. The molecule has 1 aliphatic heterocycles. The number of likely N-dealkylation sites (tertiary alicyclic amines) is 1. The fraction of sp³-hybridized carbons (Fsp3) is 0.706. The summed E-state index contributed by atoms with van der Waals surface area (Å²) in [7, 11) is 0. The van der Waals surface area contributed by atoms with Gasteiger partial charge in [0.2, 0.25) is 23.6 Å². The minimum atomic E-state index is -1.19. The lowest BCUT2D eigenvalue weighted by molar-refractivity contribution is -0.143. The standard InChI is InChI=1S/C17H29N5O6/c1-8(18)13(23)20-10(3)16(26)22-7-5-6-12(22)15(25)19-9(2)14(24)21-11(4)17(27)28/h8-12H,5-7,18H2,1-4H3,(H,19,25)(H,20,23)(H,21,24)(H,27,28). The van der Waals surface area contributed by atoms with Gasteiger partial charge in [0.15, 0.2) is 0 Å². The molecule has 0 aromatic heterocycles. The fourth-order valence-corrected chi connectivity index (χ4v) is 2.73. The normalized spacial score (nSPS) is 20.5. The van der Waals surface area contributed by atoms with Gasteiger partial charge in [-0.2, -0.15) is 0 Å². The van der Waals surface area contributed by atoms with Crippen LogP contribution in [0.4, 0.5) is 0 Å². The Labute approximate surface area is 163 Å². The number of aliphatic carboxylic acids is 1. The van der Waals surface area contributed by atoms with Gasteiger partial charge in [-0.15, -0.1) is 0 Å². The maximum Gasteiger partial charge on any atom is 0.325 e. The van der Waals surface area contributed by atoms with Crippen LogP contribution in [0.2, 0.25) is 0 Å². The second-order valence-corrected chi connectivity index (χ2v) is 7.01. The lowest BCUT2D eigenvalue weighted by Crippen LogP contribution is -2.56. The van der Waals surface area contributed by atoms with Crippen LogP contribution in [0.5, 0.6) is 0 Å². The minimum Gasteiger partial charge on any atom is -0.480 e. The van der Waals surface area contributed by atoms with Gasteiger partial charge in [0.25, 0.3) is 0 Å². The third-order valence-corrected chi connectivity index (χ3v) is 4.46. The van der Waals surface area contributed by atoms with Crippen LogP contribution in [0.15, 0.2) is 0 Å². The van der Waals surface area contributed by atoms with Gasteiger partial charge >= 0.3 is 5.97 Å².